The van der Waals surface area contributed by atoms with E-state index in [2.05, 4.69) is 15.1 Å². The Kier molecular flexibility index (Phi) is 4.06. The van der Waals surface area contributed by atoms with E-state index in [1.807, 2.05) is 17.9 Å². The molecule has 1 amide bonds. The molecule has 3 aromatic heterocycles. The number of nitrogens with zero attached hydrogens (tertiary/aromatic N) is 3. The number of pyridine rings is 2. The normalized spacial score (nSPS) is 17.2. The van der Waals surface area contributed by atoms with Crippen LogP contribution in [0.25, 0.3) is 10.9 Å². The standard InChI is InChI=1S/C19H20N4O3/c1-3-14-17(11(2)26-22-14)19(25)23-8-6-12(10-23)15-9-16-13(18(24)21-15)5-4-7-20-16/h4-5,7,9,12H,3,6,8,10H2,1-2H3,(H,21,24)/t12-/m0/s1. The summed E-state index contributed by atoms with van der Waals surface area (Å²) in [6, 6.07) is 5.42. The van der Waals surface area contributed by atoms with Gasteiger partial charge in [0.1, 0.15) is 11.3 Å². The first-order chi connectivity index (χ1) is 12.6. The Bertz CT molecular complexity index is 1040. The van der Waals surface area contributed by atoms with Gasteiger partial charge in [-0.05, 0) is 38.0 Å². The number of hydrogen-bond acceptors (Lipinski definition) is 5. The lowest BCUT2D eigenvalue weighted by Gasteiger charge is -2.16. The highest BCUT2D eigenvalue weighted by molar-refractivity contribution is 5.96. The molecule has 26 heavy (non-hydrogen) atoms. The highest BCUT2D eigenvalue weighted by Crippen LogP contribution is 2.28. The van der Waals surface area contributed by atoms with Gasteiger partial charge in [0, 0.05) is 30.9 Å². The molecule has 7 heteroatoms. The maximum Gasteiger partial charge on any atom is 0.259 e. The molecule has 0 aromatic carbocycles. The molecule has 1 aliphatic heterocycles. The summed E-state index contributed by atoms with van der Waals surface area (Å²) in [6.07, 6.45) is 3.13. The van der Waals surface area contributed by atoms with Crippen LogP contribution in [-0.2, 0) is 6.42 Å². The van der Waals surface area contributed by atoms with Crippen molar-refractivity contribution in [3.05, 3.63) is 57.5 Å². The Labute approximate surface area is 150 Å². The third-order valence-corrected chi connectivity index (χ3v) is 5.03. The monoisotopic (exact) mass is 352 g/mol. The number of nitrogens with one attached hydrogen (secondary N) is 1. The number of aromatic amines is 1. The summed E-state index contributed by atoms with van der Waals surface area (Å²) < 4.78 is 5.19. The van der Waals surface area contributed by atoms with Gasteiger partial charge in [-0.2, -0.15) is 0 Å². The number of fused-ring (bicyclic) bond motifs is 1. The van der Waals surface area contributed by atoms with Crippen molar-refractivity contribution in [2.75, 3.05) is 13.1 Å². The molecule has 0 saturated carbocycles. The van der Waals surface area contributed by atoms with Gasteiger partial charge in [-0.25, -0.2) is 0 Å². The SMILES string of the molecule is CCc1noc(C)c1C(=O)N1CC[C@H](c2cc3ncccc3c(=O)[nH]2)C1. The molecule has 0 radical (unpaired) electrons. The number of carbonyl (C=O) groups excluding carboxylic acids is 1. The molecule has 1 atom stereocenters. The fourth-order valence-electron chi connectivity index (χ4n) is 3.62. The summed E-state index contributed by atoms with van der Waals surface area (Å²) >= 11 is 0. The van der Waals surface area contributed by atoms with E-state index in [1.165, 1.54) is 0 Å². The van der Waals surface area contributed by atoms with E-state index in [-0.39, 0.29) is 17.4 Å². The van der Waals surface area contributed by atoms with Crippen LogP contribution < -0.4 is 5.56 Å². The minimum absolute atomic E-state index is 0.0515. The molecule has 0 bridgehead atoms. The third kappa shape index (κ3) is 2.69. The van der Waals surface area contributed by atoms with Crippen molar-refractivity contribution in [2.24, 2.45) is 0 Å². The van der Waals surface area contributed by atoms with E-state index in [1.54, 1.807) is 25.3 Å². The van der Waals surface area contributed by atoms with Crippen LogP contribution in [0.1, 0.15) is 46.8 Å². The first kappa shape index (κ1) is 16.5. The lowest BCUT2D eigenvalue weighted by Crippen LogP contribution is -2.29. The van der Waals surface area contributed by atoms with Gasteiger partial charge in [0.25, 0.3) is 11.5 Å². The number of amides is 1. The van der Waals surface area contributed by atoms with Gasteiger partial charge in [-0.3, -0.25) is 14.6 Å². The molecule has 3 aromatic rings. The third-order valence-electron chi connectivity index (χ3n) is 5.03. The summed E-state index contributed by atoms with van der Waals surface area (Å²) in [4.78, 5) is 34.2. The minimum atomic E-state index is -0.140. The Morgan fingerprint density at radius 1 is 1.46 bits per heavy atom. The van der Waals surface area contributed by atoms with Crippen molar-refractivity contribution < 1.29 is 9.32 Å². The van der Waals surface area contributed by atoms with Crippen LogP contribution in [0.4, 0.5) is 0 Å². The highest BCUT2D eigenvalue weighted by atomic mass is 16.5. The summed E-state index contributed by atoms with van der Waals surface area (Å²) in [5.41, 5.74) is 2.63. The van der Waals surface area contributed by atoms with Gasteiger partial charge in [0.05, 0.1) is 16.6 Å². The number of rotatable bonds is 3. The predicted octanol–water partition coefficient (Wildman–Crippen LogP) is 2.41. The highest BCUT2D eigenvalue weighted by Gasteiger charge is 2.32. The Balaban J connectivity index is 1.60. The van der Waals surface area contributed by atoms with Crippen LogP contribution in [-0.4, -0.2) is 39.0 Å². The first-order valence-corrected chi connectivity index (χ1v) is 8.80. The predicted molar refractivity (Wildman–Crippen MR) is 96.2 cm³/mol. The summed E-state index contributed by atoms with van der Waals surface area (Å²) in [5.74, 6) is 0.589. The molecule has 134 valence electrons. The number of H-pyrrole nitrogens is 1. The fourth-order valence-corrected chi connectivity index (χ4v) is 3.62. The Morgan fingerprint density at radius 3 is 3.12 bits per heavy atom. The van der Waals surface area contributed by atoms with Gasteiger partial charge in [-0.1, -0.05) is 12.1 Å². The Morgan fingerprint density at radius 2 is 2.31 bits per heavy atom. The van der Waals surface area contributed by atoms with E-state index in [0.29, 0.717) is 47.4 Å². The number of aryl methyl sites for hydroxylation is 2. The maximum absolute atomic E-state index is 12.9. The average molecular weight is 352 g/mol. The molecular weight excluding hydrogens is 332 g/mol. The molecule has 1 N–H and O–H groups in total. The van der Waals surface area contributed by atoms with Gasteiger partial charge in [0.2, 0.25) is 0 Å². The molecule has 0 unspecified atom stereocenters. The van der Waals surface area contributed by atoms with Crippen LogP contribution >= 0.6 is 0 Å². The molecule has 1 aliphatic rings. The van der Waals surface area contributed by atoms with Gasteiger partial charge in [0.15, 0.2) is 0 Å². The zero-order chi connectivity index (χ0) is 18.3. The molecule has 0 aliphatic carbocycles. The zero-order valence-electron chi connectivity index (χ0n) is 14.8. The lowest BCUT2D eigenvalue weighted by molar-refractivity contribution is 0.0788. The second kappa shape index (κ2) is 6.40. The zero-order valence-corrected chi connectivity index (χ0v) is 14.8. The van der Waals surface area contributed by atoms with E-state index in [0.717, 1.165) is 12.1 Å². The van der Waals surface area contributed by atoms with Gasteiger partial charge >= 0.3 is 0 Å². The van der Waals surface area contributed by atoms with Crippen molar-refractivity contribution in [3.8, 4) is 0 Å². The molecule has 4 heterocycles. The van der Waals surface area contributed by atoms with E-state index < -0.39 is 0 Å². The number of hydrogen-bond donors (Lipinski definition) is 1. The van der Waals surface area contributed by atoms with Gasteiger partial charge in [-0.15, -0.1) is 0 Å². The maximum atomic E-state index is 12.9. The molecule has 1 fully saturated rings. The second-order valence-corrected chi connectivity index (χ2v) is 6.64. The van der Waals surface area contributed by atoms with Crippen LogP contribution in [0.3, 0.4) is 0 Å². The number of carbonyl (C=O) groups is 1. The topological polar surface area (TPSA) is 92.1 Å². The van der Waals surface area contributed by atoms with Crippen LogP contribution in [0.15, 0.2) is 33.7 Å². The smallest absolute Gasteiger partial charge is 0.259 e. The molecule has 7 nitrogen and oxygen atoms in total. The van der Waals surface area contributed by atoms with Crippen molar-refractivity contribution >= 4 is 16.8 Å². The van der Waals surface area contributed by atoms with Crippen LogP contribution in [0.5, 0.6) is 0 Å². The molecule has 1 saturated heterocycles. The number of aromatic nitrogens is 3. The summed E-state index contributed by atoms with van der Waals surface area (Å²) in [7, 11) is 0. The van der Waals surface area contributed by atoms with Gasteiger partial charge < -0.3 is 14.4 Å². The summed E-state index contributed by atoms with van der Waals surface area (Å²) in [6.45, 7) is 4.91. The van der Waals surface area contributed by atoms with Crippen LogP contribution in [0, 0.1) is 6.92 Å². The number of likely N-dealkylation sites (tertiary alicyclic amines) is 1. The second-order valence-electron chi connectivity index (χ2n) is 6.64. The summed E-state index contributed by atoms with van der Waals surface area (Å²) in [5, 5.41) is 4.55. The largest absolute Gasteiger partial charge is 0.361 e. The van der Waals surface area contributed by atoms with Crippen LogP contribution in [0.2, 0.25) is 0 Å². The van der Waals surface area contributed by atoms with Crippen molar-refractivity contribution in [2.45, 2.75) is 32.6 Å². The Hall–Kier alpha value is -2.96. The van der Waals surface area contributed by atoms with Crippen molar-refractivity contribution in [1.82, 2.24) is 20.0 Å². The average Bonchev–Trinajstić information content (AvgIpc) is 3.28. The first-order valence-electron chi connectivity index (χ1n) is 8.80. The lowest BCUT2D eigenvalue weighted by atomic mass is 10.0. The van der Waals surface area contributed by atoms with E-state index in [4.69, 9.17) is 4.52 Å². The quantitative estimate of drug-likeness (QED) is 0.781. The molecule has 4 rings (SSSR count). The fraction of sp³-hybridized carbons (Fsp3) is 0.368. The van der Waals surface area contributed by atoms with E-state index >= 15 is 0 Å². The molecular formula is C19H20N4O3. The van der Waals surface area contributed by atoms with Crippen molar-refractivity contribution in [1.29, 1.82) is 0 Å². The molecule has 0 spiro atoms. The minimum Gasteiger partial charge on any atom is -0.361 e. The van der Waals surface area contributed by atoms with Crippen molar-refractivity contribution in [3.63, 3.8) is 0 Å². The van der Waals surface area contributed by atoms with E-state index in [9.17, 15) is 9.59 Å².